The van der Waals surface area contributed by atoms with Crippen LogP contribution in [-0.2, 0) is 30.3 Å². The number of hydrogen-bond donors (Lipinski definition) is 2. The van der Waals surface area contributed by atoms with Gasteiger partial charge in [-0.2, -0.15) is 0 Å². The molecule has 0 aliphatic carbocycles. The van der Waals surface area contributed by atoms with E-state index in [0.717, 1.165) is 18.4 Å². The molecule has 0 spiro atoms. The van der Waals surface area contributed by atoms with E-state index in [1.807, 2.05) is 30.3 Å². The monoisotopic (exact) mass is 446 g/mol. The van der Waals surface area contributed by atoms with Crippen LogP contribution in [0.3, 0.4) is 0 Å². The summed E-state index contributed by atoms with van der Waals surface area (Å²) in [6.45, 7) is 4.67. The SMILES string of the molecule is CCOC(=O)C(CCc1ccccc1)N[C@@H](C)C(=O)N1C(C(=O)O)CCC2CCOCC21. The third kappa shape index (κ3) is 5.86. The Hall–Kier alpha value is -2.45. The van der Waals surface area contributed by atoms with Crippen LogP contribution in [0.1, 0.15) is 45.1 Å². The maximum Gasteiger partial charge on any atom is 0.326 e. The van der Waals surface area contributed by atoms with E-state index in [4.69, 9.17) is 9.47 Å². The maximum absolute atomic E-state index is 13.5. The van der Waals surface area contributed by atoms with Crippen molar-refractivity contribution in [2.45, 2.75) is 70.1 Å². The lowest BCUT2D eigenvalue weighted by Crippen LogP contribution is -2.63. The Kier molecular flexibility index (Phi) is 8.64. The number of benzene rings is 1. The average molecular weight is 447 g/mol. The minimum atomic E-state index is -0.999. The van der Waals surface area contributed by atoms with E-state index in [1.165, 1.54) is 4.90 Å². The summed E-state index contributed by atoms with van der Waals surface area (Å²) >= 11 is 0. The van der Waals surface area contributed by atoms with Crippen molar-refractivity contribution in [1.82, 2.24) is 10.2 Å². The molecular weight excluding hydrogens is 412 g/mol. The van der Waals surface area contributed by atoms with Crippen LogP contribution in [0.25, 0.3) is 0 Å². The van der Waals surface area contributed by atoms with Crippen molar-refractivity contribution in [3.05, 3.63) is 35.9 Å². The molecule has 8 nitrogen and oxygen atoms in total. The fraction of sp³-hybridized carbons (Fsp3) is 0.625. The Balaban J connectivity index is 1.72. The van der Waals surface area contributed by atoms with Gasteiger partial charge in [-0.1, -0.05) is 30.3 Å². The summed E-state index contributed by atoms with van der Waals surface area (Å²) in [6, 6.07) is 7.28. The number of nitrogens with one attached hydrogen (secondary N) is 1. The standard InChI is InChI=1S/C24H34N2O6/c1-3-32-24(30)19(11-9-17-7-5-4-6-8-17)25-16(2)22(27)26-20(23(28)29)12-10-18-13-14-31-15-21(18)26/h4-8,16,18-21,25H,3,9-15H2,1-2H3,(H,28,29)/t16-,18?,19?,20?,21?/m0/s1. The molecule has 3 rings (SSSR count). The van der Waals surface area contributed by atoms with Gasteiger partial charge in [-0.3, -0.25) is 14.9 Å². The number of fused-ring (bicyclic) bond motifs is 1. The molecule has 2 saturated heterocycles. The summed E-state index contributed by atoms with van der Waals surface area (Å²) in [6.07, 6.45) is 3.16. The van der Waals surface area contributed by atoms with E-state index in [-0.39, 0.29) is 24.5 Å². The van der Waals surface area contributed by atoms with Gasteiger partial charge in [0, 0.05) is 6.61 Å². The van der Waals surface area contributed by atoms with Gasteiger partial charge >= 0.3 is 11.9 Å². The molecule has 8 heteroatoms. The summed E-state index contributed by atoms with van der Waals surface area (Å²) in [5.41, 5.74) is 1.09. The first-order chi connectivity index (χ1) is 15.4. The van der Waals surface area contributed by atoms with E-state index < -0.39 is 30.1 Å². The second-order valence-corrected chi connectivity index (χ2v) is 8.59. The number of nitrogens with zero attached hydrogens (tertiary/aromatic N) is 1. The van der Waals surface area contributed by atoms with Crippen LogP contribution in [0.15, 0.2) is 30.3 Å². The fourth-order valence-corrected chi connectivity index (χ4v) is 4.78. The molecule has 0 radical (unpaired) electrons. The molecule has 1 amide bonds. The lowest BCUT2D eigenvalue weighted by Gasteiger charge is -2.47. The zero-order chi connectivity index (χ0) is 23.1. The molecule has 2 fully saturated rings. The lowest BCUT2D eigenvalue weighted by molar-refractivity contribution is -0.163. The van der Waals surface area contributed by atoms with Gasteiger partial charge in [0.25, 0.3) is 0 Å². The van der Waals surface area contributed by atoms with Gasteiger partial charge in [0.05, 0.1) is 25.3 Å². The molecule has 1 aromatic carbocycles. The van der Waals surface area contributed by atoms with E-state index in [2.05, 4.69) is 5.32 Å². The first-order valence-electron chi connectivity index (χ1n) is 11.5. The quantitative estimate of drug-likeness (QED) is 0.559. The van der Waals surface area contributed by atoms with Crippen LogP contribution < -0.4 is 5.32 Å². The number of likely N-dealkylation sites (tertiary alicyclic amines) is 1. The highest BCUT2D eigenvalue weighted by atomic mass is 16.5. The molecule has 176 valence electrons. The number of carboxylic acids is 1. The number of amides is 1. The third-order valence-corrected chi connectivity index (χ3v) is 6.47. The highest BCUT2D eigenvalue weighted by molar-refractivity contribution is 5.88. The van der Waals surface area contributed by atoms with Gasteiger partial charge in [-0.05, 0) is 57.4 Å². The maximum atomic E-state index is 13.5. The van der Waals surface area contributed by atoms with Gasteiger partial charge in [-0.25, -0.2) is 4.79 Å². The number of aryl methyl sites for hydroxylation is 1. The number of piperidine rings is 1. The number of carboxylic acid groups (broad SMARTS) is 1. The van der Waals surface area contributed by atoms with Crippen LogP contribution in [0.4, 0.5) is 0 Å². The van der Waals surface area contributed by atoms with Crippen LogP contribution in [0.5, 0.6) is 0 Å². The molecule has 2 aliphatic heterocycles. The Bertz CT molecular complexity index is 786. The molecule has 5 atom stereocenters. The first-order valence-corrected chi connectivity index (χ1v) is 11.5. The van der Waals surface area contributed by atoms with Gasteiger partial charge in [0.15, 0.2) is 0 Å². The van der Waals surface area contributed by atoms with E-state index in [1.54, 1.807) is 13.8 Å². The Morgan fingerprint density at radius 1 is 1.22 bits per heavy atom. The number of esters is 1. The average Bonchev–Trinajstić information content (AvgIpc) is 2.81. The highest BCUT2D eigenvalue weighted by Crippen LogP contribution is 2.34. The number of rotatable bonds is 9. The van der Waals surface area contributed by atoms with E-state index in [0.29, 0.717) is 32.5 Å². The molecule has 0 bridgehead atoms. The van der Waals surface area contributed by atoms with Crippen molar-refractivity contribution in [3.8, 4) is 0 Å². The lowest BCUT2D eigenvalue weighted by atomic mass is 9.82. The largest absolute Gasteiger partial charge is 0.480 e. The van der Waals surface area contributed by atoms with Crippen LogP contribution in [0.2, 0.25) is 0 Å². The topological polar surface area (TPSA) is 105 Å². The molecular formula is C24H34N2O6. The molecule has 2 N–H and O–H groups in total. The third-order valence-electron chi connectivity index (χ3n) is 6.47. The minimum absolute atomic E-state index is 0.245. The summed E-state index contributed by atoms with van der Waals surface area (Å²) < 4.78 is 10.8. The molecule has 0 saturated carbocycles. The van der Waals surface area contributed by atoms with Crippen LogP contribution in [0, 0.1) is 5.92 Å². The Labute approximate surface area is 189 Å². The zero-order valence-electron chi connectivity index (χ0n) is 18.9. The number of hydrogen-bond acceptors (Lipinski definition) is 6. The molecule has 32 heavy (non-hydrogen) atoms. The van der Waals surface area contributed by atoms with Gasteiger partial charge in [-0.15, -0.1) is 0 Å². The van der Waals surface area contributed by atoms with Crippen molar-refractivity contribution >= 4 is 17.8 Å². The first kappa shape index (κ1) is 24.2. The van der Waals surface area contributed by atoms with Crippen molar-refractivity contribution in [3.63, 3.8) is 0 Å². The number of ether oxygens (including phenoxy) is 2. The number of carbonyl (C=O) groups is 3. The van der Waals surface area contributed by atoms with Crippen LogP contribution in [-0.4, -0.2) is 71.8 Å². The second-order valence-electron chi connectivity index (χ2n) is 8.59. The predicted molar refractivity (Wildman–Crippen MR) is 118 cm³/mol. The predicted octanol–water partition coefficient (Wildman–Crippen LogP) is 2.01. The van der Waals surface area contributed by atoms with Crippen molar-refractivity contribution < 1.29 is 29.0 Å². The molecule has 2 aliphatic rings. The van der Waals surface area contributed by atoms with Crippen LogP contribution >= 0.6 is 0 Å². The summed E-state index contributed by atoms with van der Waals surface area (Å²) in [7, 11) is 0. The van der Waals surface area contributed by atoms with Crippen molar-refractivity contribution in [2.24, 2.45) is 5.92 Å². The number of carbonyl (C=O) groups excluding carboxylic acids is 2. The second kappa shape index (κ2) is 11.4. The van der Waals surface area contributed by atoms with E-state index in [9.17, 15) is 19.5 Å². The van der Waals surface area contributed by atoms with Crippen molar-refractivity contribution in [1.29, 1.82) is 0 Å². The van der Waals surface area contributed by atoms with Gasteiger partial charge in [0.2, 0.25) is 5.91 Å². The van der Waals surface area contributed by atoms with Gasteiger partial charge in [0.1, 0.15) is 12.1 Å². The smallest absolute Gasteiger partial charge is 0.326 e. The normalized spacial score (nSPS) is 24.8. The minimum Gasteiger partial charge on any atom is -0.480 e. The highest BCUT2D eigenvalue weighted by Gasteiger charge is 2.45. The van der Waals surface area contributed by atoms with Crippen molar-refractivity contribution in [2.75, 3.05) is 19.8 Å². The van der Waals surface area contributed by atoms with E-state index >= 15 is 0 Å². The Morgan fingerprint density at radius 3 is 2.66 bits per heavy atom. The fourth-order valence-electron chi connectivity index (χ4n) is 4.78. The summed E-state index contributed by atoms with van der Waals surface area (Å²) in [4.78, 5) is 39.4. The molecule has 2 heterocycles. The molecule has 4 unspecified atom stereocenters. The zero-order valence-corrected chi connectivity index (χ0v) is 18.9. The summed E-state index contributed by atoms with van der Waals surface area (Å²) in [5, 5.41) is 12.9. The number of aliphatic carboxylic acids is 1. The Morgan fingerprint density at radius 2 is 1.97 bits per heavy atom. The summed E-state index contributed by atoms with van der Waals surface area (Å²) in [5.74, 6) is -1.47. The molecule has 0 aromatic heterocycles. The molecule has 1 aromatic rings. The van der Waals surface area contributed by atoms with Gasteiger partial charge < -0.3 is 19.5 Å².